The van der Waals surface area contributed by atoms with E-state index < -0.39 is 6.61 Å². The zero-order chi connectivity index (χ0) is 20.2. The van der Waals surface area contributed by atoms with E-state index in [9.17, 15) is 8.78 Å². The van der Waals surface area contributed by atoms with Crippen LogP contribution in [0.4, 0.5) is 8.78 Å². The Kier molecular flexibility index (Phi) is 6.32. The van der Waals surface area contributed by atoms with E-state index in [1.165, 1.54) is 43.2 Å². The second kappa shape index (κ2) is 9.11. The molecular weight excluding hydrogens is 366 g/mol. The maximum absolute atomic E-state index is 12.4. The number of rotatable bonds is 6. The summed E-state index contributed by atoms with van der Waals surface area (Å²) in [6, 6.07) is 11.9. The molecule has 1 nitrogen and oxygen atoms in total. The van der Waals surface area contributed by atoms with Gasteiger partial charge < -0.3 is 4.74 Å². The molecule has 0 unspecified atom stereocenters. The van der Waals surface area contributed by atoms with Crippen molar-refractivity contribution in [2.75, 3.05) is 0 Å². The molecule has 154 valence electrons. The minimum Gasteiger partial charge on any atom is -0.435 e. The lowest BCUT2D eigenvalue weighted by atomic mass is 9.73. The molecule has 0 saturated heterocycles. The van der Waals surface area contributed by atoms with Crippen LogP contribution in [0.2, 0.25) is 0 Å². The Balaban J connectivity index is 1.45. The third kappa shape index (κ3) is 4.71. The van der Waals surface area contributed by atoms with Crippen molar-refractivity contribution >= 4 is 0 Å². The van der Waals surface area contributed by atoms with E-state index in [1.54, 1.807) is 28.8 Å². The molecule has 0 aromatic heterocycles. The highest BCUT2D eigenvalue weighted by Gasteiger charge is 2.26. The van der Waals surface area contributed by atoms with Gasteiger partial charge in [0, 0.05) is 0 Å². The molecule has 0 saturated carbocycles. The molecule has 0 spiro atoms. The highest BCUT2D eigenvalue weighted by atomic mass is 19.3. The summed E-state index contributed by atoms with van der Waals surface area (Å²) < 4.78 is 29.2. The number of halogens is 2. The zero-order valence-corrected chi connectivity index (χ0v) is 17.2. The molecule has 0 bridgehead atoms. The van der Waals surface area contributed by atoms with Gasteiger partial charge in [-0.05, 0) is 110 Å². The SMILES string of the molecule is C/C=C/CC[C@H]1CCc2c(ccc3c2CC[C@H](c2ccc(OC(F)F)cc2)C3)C1. The van der Waals surface area contributed by atoms with Crippen LogP contribution in [0, 0.1) is 5.92 Å². The average molecular weight is 397 g/mol. The van der Waals surface area contributed by atoms with Crippen LogP contribution in [0.15, 0.2) is 48.6 Å². The van der Waals surface area contributed by atoms with Gasteiger partial charge in [0.2, 0.25) is 0 Å². The number of benzene rings is 2. The maximum atomic E-state index is 12.4. The molecule has 0 N–H and O–H groups in total. The van der Waals surface area contributed by atoms with Gasteiger partial charge in [-0.2, -0.15) is 8.78 Å². The number of alkyl halides is 2. The smallest absolute Gasteiger partial charge is 0.387 e. The third-order valence-electron chi connectivity index (χ3n) is 6.70. The molecule has 0 radical (unpaired) electrons. The Morgan fingerprint density at radius 2 is 1.66 bits per heavy atom. The zero-order valence-electron chi connectivity index (χ0n) is 17.2. The van der Waals surface area contributed by atoms with Crippen LogP contribution in [0.3, 0.4) is 0 Å². The normalized spacial score (nSPS) is 21.2. The van der Waals surface area contributed by atoms with Crippen molar-refractivity contribution in [2.45, 2.75) is 70.8 Å². The predicted molar refractivity (Wildman–Crippen MR) is 114 cm³/mol. The van der Waals surface area contributed by atoms with Gasteiger partial charge in [-0.3, -0.25) is 0 Å². The Bertz CT molecular complexity index is 854. The summed E-state index contributed by atoms with van der Waals surface area (Å²) in [4.78, 5) is 0. The van der Waals surface area contributed by atoms with E-state index in [2.05, 4.69) is 35.9 Å². The lowest BCUT2D eigenvalue weighted by Crippen LogP contribution is -2.20. The summed E-state index contributed by atoms with van der Waals surface area (Å²) in [6.45, 7) is -0.669. The van der Waals surface area contributed by atoms with Gasteiger partial charge in [-0.1, -0.05) is 36.4 Å². The van der Waals surface area contributed by atoms with E-state index in [-0.39, 0.29) is 5.75 Å². The van der Waals surface area contributed by atoms with Gasteiger partial charge in [-0.25, -0.2) is 0 Å². The van der Waals surface area contributed by atoms with Gasteiger partial charge in [0.15, 0.2) is 0 Å². The summed E-state index contributed by atoms with van der Waals surface area (Å²) >= 11 is 0. The van der Waals surface area contributed by atoms with Crippen LogP contribution in [-0.4, -0.2) is 6.61 Å². The first-order chi connectivity index (χ1) is 14.1. The quantitative estimate of drug-likeness (QED) is 0.477. The topological polar surface area (TPSA) is 9.23 Å². The van der Waals surface area contributed by atoms with Gasteiger partial charge in [0.25, 0.3) is 0 Å². The molecule has 4 rings (SSSR count). The van der Waals surface area contributed by atoms with Gasteiger partial charge in [0.05, 0.1) is 0 Å². The maximum Gasteiger partial charge on any atom is 0.387 e. The van der Waals surface area contributed by atoms with Gasteiger partial charge in [-0.15, -0.1) is 0 Å². The van der Waals surface area contributed by atoms with Crippen molar-refractivity contribution < 1.29 is 13.5 Å². The van der Waals surface area contributed by atoms with Crippen molar-refractivity contribution in [3.8, 4) is 5.75 Å². The minimum absolute atomic E-state index is 0.234. The number of ether oxygens (including phenoxy) is 1. The van der Waals surface area contributed by atoms with Crippen molar-refractivity contribution in [3.63, 3.8) is 0 Å². The first-order valence-corrected chi connectivity index (χ1v) is 10.9. The highest BCUT2D eigenvalue weighted by Crippen LogP contribution is 2.39. The summed E-state index contributed by atoms with van der Waals surface area (Å²) in [5, 5.41) is 0. The second-order valence-corrected chi connectivity index (χ2v) is 8.48. The number of hydrogen-bond acceptors (Lipinski definition) is 1. The van der Waals surface area contributed by atoms with Crippen LogP contribution >= 0.6 is 0 Å². The predicted octanol–water partition coefficient (Wildman–Crippen LogP) is 7.02. The molecule has 2 aliphatic carbocycles. The molecule has 2 aromatic carbocycles. The molecule has 2 atom stereocenters. The minimum atomic E-state index is -2.77. The van der Waals surface area contributed by atoms with Crippen molar-refractivity contribution in [3.05, 3.63) is 76.4 Å². The summed E-state index contributed by atoms with van der Waals surface area (Å²) in [5.74, 6) is 1.51. The fourth-order valence-corrected chi connectivity index (χ4v) is 5.19. The van der Waals surface area contributed by atoms with E-state index in [4.69, 9.17) is 0 Å². The Morgan fingerprint density at radius 1 is 0.966 bits per heavy atom. The standard InChI is InChI=1S/C26H30F2O/c1-2-3-4-5-18-6-14-24-21(16-18)7-8-22-17-20(11-15-25(22)24)19-9-12-23(13-10-19)29-26(27)28/h2-3,7-10,12-13,18,20,26H,4-6,11,14-17H2,1H3/b3-2+/t18-,20-/m0/s1. The summed E-state index contributed by atoms with van der Waals surface area (Å²) in [6.07, 6.45) is 14.0. The molecular formula is C26H30F2O. The van der Waals surface area contributed by atoms with Gasteiger partial charge in [0.1, 0.15) is 5.75 Å². The molecule has 2 aliphatic rings. The molecule has 3 heteroatoms. The molecule has 0 heterocycles. The first kappa shape index (κ1) is 20.1. The summed E-state index contributed by atoms with van der Waals surface area (Å²) in [5.41, 5.74) is 7.51. The van der Waals surface area contributed by atoms with E-state index >= 15 is 0 Å². The fourth-order valence-electron chi connectivity index (χ4n) is 5.19. The largest absolute Gasteiger partial charge is 0.435 e. The Morgan fingerprint density at radius 3 is 2.34 bits per heavy atom. The molecule has 0 fully saturated rings. The van der Waals surface area contributed by atoms with Crippen molar-refractivity contribution in [2.24, 2.45) is 5.92 Å². The van der Waals surface area contributed by atoms with Crippen LogP contribution < -0.4 is 4.74 Å². The van der Waals surface area contributed by atoms with Crippen LogP contribution in [0.25, 0.3) is 0 Å². The molecule has 0 aliphatic heterocycles. The van der Waals surface area contributed by atoms with Crippen LogP contribution in [0.5, 0.6) is 5.75 Å². The lowest BCUT2D eigenvalue weighted by molar-refractivity contribution is -0.0498. The van der Waals surface area contributed by atoms with E-state index in [0.717, 1.165) is 25.2 Å². The highest BCUT2D eigenvalue weighted by molar-refractivity contribution is 5.45. The molecule has 0 amide bonds. The summed E-state index contributed by atoms with van der Waals surface area (Å²) in [7, 11) is 0. The van der Waals surface area contributed by atoms with Crippen molar-refractivity contribution in [1.29, 1.82) is 0 Å². The monoisotopic (exact) mass is 396 g/mol. The lowest BCUT2D eigenvalue weighted by Gasteiger charge is -2.32. The van der Waals surface area contributed by atoms with Crippen LogP contribution in [0.1, 0.15) is 66.3 Å². The van der Waals surface area contributed by atoms with Crippen LogP contribution in [-0.2, 0) is 25.7 Å². The van der Waals surface area contributed by atoms with Gasteiger partial charge >= 0.3 is 6.61 Å². The number of allylic oxidation sites excluding steroid dienone is 2. The first-order valence-electron chi connectivity index (χ1n) is 10.9. The average Bonchev–Trinajstić information content (AvgIpc) is 2.73. The number of hydrogen-bond donors (Lipinski definition) is 0. The molecule has 29 heavy (non-hydrogen) atoms. The Hall–Kier alpha value is -2.16. The molecule has 2 aromatic rings. The fraction of sp³-hybridized carbons (Fsp3) is 0.462. The second-order valence-electron chi connectivity index (χ2n) is 8.48. The van der Waals surface area contributed by atoms with Crippen molar-refractivity contribution in [1.82, 2.24) is 0 Å². The number of fused-ring (bicyclic) bond motifs is 3. The third-order valence-corrected chi connectivity index (χ3v) is 6.70. The van der Waals surface area contributed by atoms with E-state index in [0.29, 0.717) is 5.92 Å². The Labute approximate surface area is 172 Å². The van der Waals surface area contributed by atoms with E-state index in [1.807, 2.05) is 12.1 Å².